The largest absolute Gasteiger partial charge is 0.464 e. The van der Waals surface area contributed by atoms with Crippen LogP contribution in [0.15, 0.2) is 23.1 Å². The topological polar surface area (TPSA) is 48.3 Å². The van der Waals surface area contributed by atoms with Gasteiger partial charge >= 0.3 is 5.97 Å². The average Bonchev–Trinajstić information content (AvgIpc) is 2.23. The van der Waals surface area contributed by atoms with E-state index < -0.39 is 5.97 Å². The lowest BCUT2D eigenvalue weighted by Crippen LogP contribution is -2.24. The van der Waals surface area contributed by atoms with Crippen molar-refractivity contribution >= 4 is 17.6 Å². The van der Waals surface area contributed by atoms with Crippen molar-refractivity contribution in [2.45, 2.75) is 26.8 Å². The fourth-order valence-electron chi connectivity index (χ4n) is 1.22. The molecule has 0 radical (unpaired) electrons. The molecule has 0 unspecified atom stereocenters. The number of halogens is 1. The number of pyridine rings is 1. The van der Waals surface area contributed by atoms with Crippen molar-refractivity contribution < 1.29 is 9.53 Å². The number of aromatic nitrogens is 1. The molecular weight excluding hydrogens is 242 g/mol. The molecule has 0 atom stereocenters. The molecule has 0 fully saturated rings. The van der Waals surface area contributed by atoms with E-state index in [0.717, 1.165) is 6.42 Å². The molecule has 0 amide bonds. The number of carbonyl (C=O) groups excluding carboxylic acids is 1. The van der Waals surface area contributed by atoms with Crippen LogP contribution < -0.4 is 5.56 Å². The first-order chi connectivity index (χ1) is 7.99. The van der Waals surface area contributed by atoms with Gasteiger partial charge in [0.15, 0.2) is 0 Å². The van der Waals surface area contributed by atoms with Crippen LogP contribution in [0.1, 0.15) is 20.3 Å². The minimum atomic E-state index is -0.421. The first-order valence-corrected chi connectivity index (χ1v) is 5.88. The van der Waals surface area contributed by atoms with Gasteiger partial charge < -0.3 is 9.30 Å². The molecule has 1 aromatic rings. The Hall–Kier alpha value is -1.29. The Morgan fingerprint density at radius 2 is 2.18 bits per heavy atom. The summed E-state index contributed by atoms with van der Waals surface area (Å²) in [6.07, 6.45) is 2.24. The van der Waals surface area contributed by atoms with Crippen molar-refractivity contribution in [3.63, 3.8) is 0 Å². The van der Waals surface area contributed by atoms with E-state index in [1.54, 1.807) is 0 Å². The molecular formula is C12H16ClNO3. The molecule has 4 nitrogen and oxygen atoms in total. The van der Waals surface area contributed by atoms with Crippen LogP contribution in [0.5, 0.6) is 0 Å². The maximum absolute atomic E-state index is 11.4. The van der Waals surface area contributed by atoms with Crippen molar-refractivity contribution in [3.05, 3.63) is 33.7 Å². The average molecular weight is 258 g/mol. The van der Waals surface area contributed by atoms with Gasteiger partial charge in [0.05, 0.1) is 11.6 Å². The van der Waals surface area contributed by atoms with Gasteiger partial charge in [-0.05, 0) is 18.4 Å². The van der Waals surface area contributed by atoms with Crippen LogP contribution >= 0.6 is 11.6 Å². The van der Waals surface area contributed by atoms with E-state index in [0.29, 0.717) is 17.5 Å². The van der Waals surface area contributed by atoms with Gasteiger partial charge in [0, 0.05) is 12.3 Å². The number of hydrogen-bond donors (Lipinski definition) is 0. The number of ether oxygens (including phenoxy) is 1. The summed E-state index contributed by atoms with van der Waals surface area (Å²) in [5.41, 5.74) is -0.268. The summed E-state index contributed by atoms with van der Waals surface area (Å²) in [7, 11) is 0. The van der Waals surface area contributed by atoms with Crippen molar-refractivity contribution in [1.82, 2.24) is 4.57 Å². The minimum absolute atomic E-state index is 0.0997. The molecule has 1 heterocycles. The van der Waals surface area contributed by atoms with E-state index in [1.807, 2.05) is 0 Å². The highest BCUT2D eigenvalue weighted by Gasteiger charge is 2.06. The van der Waals surface area contributed by atoms with Crippen LogP contribution in [-0.2, 0) is 16.1 Å². The highest BCUT2D eigenvalue weighted by molar-refractivity contribution is 6.30. The van der Waals surface area contributed by atoms with Gasteiger partial charge in [-0.2, -0.15) is 0 Å². The Balaban J connectivity index is 2.50. The number of hydrogen-bond acceptors (Lipinski definition) is 3. The lowest BCUT2D eigenvalue weighted by atomic mass is 10.1. The molecule has 0 N–H and O–H groups in total. The molecule has 0 spiro atoms. The zero-order chi connectivity index (χ0) is 12.8. The predicted octanol–water partition coefficient (Wildman–Crippen LogP) is 2.09. The van der Waals surface area contributed by atoms with E-state index in [9.17, 15) is 9.59 Å². The molecule has 0 saturated carbocycles. The summed E-state index contributed by atoms with van der Waals surface area (Å²) in [5, 5.41) is 0.416. The van der Waals surface area contributed by atoms with E-state index in [-0.39, 0.29) is 12.1 Å². The maximum atomic E-state index is 11.4. The fraction of sp³-hybridized carbons (Fsp3) is 0.500. The van der Waals surface area contributed by atoms with Crippen LogP contribution in [0.2, 0.25) is 5.02 Å². The monoisotopic (exact) mass is 257 g/mol. The Morgan fingerprint density at radius 1 is 1.47 bits per heavy atom. The van der Waals surface area contributed by atoms with Crippen molar-refractivity contribution in [3.8, 4) is 0 Å². The molecule has 0 aliphatic heterocycles. The summed E-state index contributed by atoms with van der Waals surface area (Å²) in [5.74, 6) is 0.0618. The third-order valence-corrected chi connectivity index (χ3v) is 2.43. The molecule has 17 heavy (non-hydrogen) atoms. The third-order valence-electron chi connectivity index (χ3n) is 2.21. The Bertz CT molecular complexity index is 440. The molecule has 0 bridgehead atoms. The highest BCUT2D eigenvalue weighted by Crippen LogP contribution is 2.03. The quantitative estimate of drug-likeness (QED) is 0.759. The van der Waals surface area contributed by atoms with E-state index >= 15 is 0 Å². The summed E-state index contributed by atoms with van der Waals surface area (Å²) < 4.78 is 6.25. The lowest BCUT2D eigenvalue weighted by Gasteiger charge is -2.08. The van der Waals surface area contributed by atoms with Gasteiger partial charge in [-0.1, -0.05) is 25.4 Å². The molecule has 94 valence electrons. The summed E-state index contributed by atoms with van der Waals surface area (Å²) in [4.78, 5) is 22.8. The minimum Gasteiger partial charge on any atom is -0.464 e. The summed E-state index contributed by atoms with van der Waals surface area (Å²) in [6.45, 7) is 4.38. The van der Waals surface area contributed by atoms with Crippen LogP contribution in [0.25, 0.3) is 0 Å². The maximum Gasteiger partial charge on any atom is 0.326 e. The molecule has 1 rings (SSSR count). The number of nitrogens with zero attached hydrogens (tertiary/aromatic N) is 1. The second-order valence-electron chi connectivity index (χ2n) is 4.22. The van der Waals surface area contributed by atoms with Crippen LogP contribution in [0.4, 0.5) is 0 Å². The first kappa shape index (κ1) is 13.8. The van der Waals surface area contributed by atoms with E-state index in [4.69, 9.17) is 16.3 Å². The van der Waals surface area contributed by atoms with Crippen LogP contribution in [-0.4, -0.2) is 17.1 Å². The summed E-state index contributed by atoms with van der Waals surface area (Å²) >= 11 is 5.73. The van der Waals surface area contributed by atoms with E-state index in [1.165, 1.54) is 22.9 Å². The zero-order valence-electron chi connectivity index (χ0n) is 9.98. The smallest absolute Gasteiger partial charge is 0.326 e. The van der Waals surface area contributed by atoms with Gasteiger partial charge in [-0.3, -0.25) is 9.59 Å². The molecule has 0 aliphatic carbocycles. The molecule has 0 aromatic carbocycles. The Morgan fingerprint density at radius 3 is 2.82 bits per heavy atom. The van der Waals surface area contributed by atoms with Gasteiger partial charge in [-0.15, -0.1) is 0 Å². The summed E-state index contributed by atoms with van der Waals surface area (Å²) in [6, 6.07) is 2.81. The number of carbonyl (C=O) groups is 1. The first-order valence-electron chi connectivity index (χ1n) is 5.50. The van der Waals surface area contributed by atoms with Gasteiger partial charge in [0.2, 0.25) is 0 Å². The van der Waals surface area contributed by atoms with Crippen molar-refractivity contribution in [2.75, 3.05) is 6.61 Å². The Kier molecular flexibility index (Phi) is 5.22. The van der Waals surface area contributed by atoms with Gasteiger partial charge in [-0.25, -0.2) is 0 Å². The van der Waals surface area contributed by atoms with Gasteiger partial charge in [0.1, 0.15) is 6.54 Å². The predicted molar refractivity (Wildman–Crippen MR) is 66.1 cm³/mol. The van der Waals surface area contributed by atoms with Crippen LogP contribution in [0.3, 0.4) is 0 Å². The third kappa shape index (κ3) is 5.04. The molecule has 0 aliphatic rings. The molecule has 5 heteroatoms. The van der Waals surface area contributed by atoms with Gasteiger partial charge in [0.25, 0.3) is 5.56 Å². The lowest BCUT2D eigenvalue weighted by molar-refractivity contribution is -0.144. The van der Waals surface area contributed by atoms with E-state index in [2.05, 4.69) is 13.8 Å². The zero-order valence-corrected chi connectivity index (χ0v) is 10.7. The van der Waals surface area contributed by atoms with Crippen molar-refractivity contribution in [2.24, 2.45) is 5.92 Å². The normalized spacial score (nSPS) is 10.6. The Labute approximate surface area is 105 Å². The second-order valence-corrected chi connectivity index (χ2v) is 4.65. The van der Waals surface area contributed by atoms with Crippen LogP contribution in [0, 0.1) is 5.92 Å². The second kappa shape index (κ2) is 6.45. The standard InChI is InChI=1S/C12H16ClNO3/c1-9(2)5-6-17-12(16)8-14-7-10(13)3-4-11(14)15/h3-4,7,9H,5-6,8H2,1-2H3. The number of esters is 1. The SMILES string of the molecule is CC(C)CCOC(=O)Cn1cc(Cl)ccc1=O. The number of rotatable bonds is 5. The highest BCUT2D eigenvalue weighted by atomic mass is 35.5. The van der Waals surface area contributed by atoms with Crippen molar-refractivity contribution in [1.29, 1.82) is 0 Å². The molecule has 1 aromatic heterocycles. The fourth-order valence-corrected chi connectivity index (χ4v) is 1.40. The molecule has 0 saturated heterocycles.